The Hall–Kier alpha value is -1.59. The van der Waals surface area contributed by atoms with Gasteiger partial charge in [-0.25, -0.2) is 0 Å². The molecule has 0 saturated heterocycles. The van der Waals surface area contributed by atoms with Gasteiger partial charge in [-0.3, -0.25) is 9.78 Å². The van der Waals surface area contributed by atoms with Crippen molar-refractivity contribution in [3.63, 3.8) is 0 Å². The first-order valence-corrected chi connectivity index (χ1v) is 7.06. The highest BCUT2D eigenvalue weighted by molar-refractivity contribution is 9.10. The SMILES string of the molecule is CC(Oc1ccc(Cl)cc1Br)C(=O)Nc1ccncc1. The summed E-state index contributed by atoms with van der Waals surface area (Å²) < 4.78 is 6.30. The molecule has 0 saturated carbocycles. The molecule has 0 fully saturated rings. The smallest absolute Gasteiger partial charge is 0.265 e. The fourth-order valence-electron chi connectivity index (χ4n) is 1.49. The average Bonchev–Trinajstić information content (AvgIpc) is 2.43. The van der Waals surface area contributed by atoms with Gasteiger partial charge in [0.1, 0.15) is 5.75 Å². The van der Waals surface area contributed by atoms with Crippen LogP contribution in [0.15, 0.2) is 47.2 Å². The summed E-state index contributed by atoms with van der Waals surface area (Å²) >= 11 is 9.19. The van der Waals surface area contributed by atoms with Crippen LogP contribution in [0.5, 0.6) is 5.75 Å². The van der Waals surface area contributed by atoms with Crippen LogP contribution in [0.2, 0.25) is 5.02 Å². The van der Waals surface area contributed by atoms with E-state index in [0.29, 0.717) is 20.9 Å². The van der Waals surface area contributed by atoms with Crippen molar-refractivity contribution in [2.45, 2.75) is 13.0 Å². The Morgan fingerprint density at radius 2 is 2.05 bits per heavy atom. The topological polar surface area (TPSA) is 51.2 Å². The molecule has 1 atom stereocenters. The Morgan fingerprint density at radius 3 is 2.70 bits per heavy atom. The quantitative estimate of drug-likeness (QED) is 0.905. The van der Waals surface area contributed by atoms with E-state index in [-0.39, 0.29) is 5.91 Å². The van der Waals surface area contributed by atoms with Gasteiger partial charge in [0, 0.05) is 23.1 Å². The third kappa shape index (κ3) is 3.95. The van der Waals surface area contributed by atoms with Crippen LogP contribution in [-0.4, -0.2) is 17.0 Å². The van der Waals surface area contributed by atoms with Gasteiger partial charge in [-0.15, -0.1) is 0 Å². The largest absolute Gasteiger partial charge is 0.480 e. The molecule has 1 amide bonds. The van der Waals surface area contributed by atoms with E-state index < -0.39 is 6.10 Å². The number of benzene rings is 1. The maximum absolute atomic E-state index is 12.0. The molecule has 0 aliphatic carbocycles. The number of hydrogen-bond acceptors (Lipinski definition) is 3. The lowest BCUT2D eigenvalue weighted by atomic mass is 10.3. The first kappa shape index (κ1) is 14.8. The predicted octanol–water partition coefficient (Wildman–Crippen LogP) is 3.90. The maximum Gasteiger partial charge on any atom is 0.265 e. The number of rotatable bonds is 4. The van der Waals surface area contributed by atoms with E-state index in [1.54, 1.807) is 49.6 Å². The number of nitrogens with zero attached hydrogens (tertiary/aromatic N) is 1. The molecule has 4 nitrogen and oxygen atoms in total. The zero-order valence-corrected chi connectivity index (χ0v) is 13.0. The fourth-order valence-corrected chi connectivity index (χ4v) is 2.27. The lowest BCUT2D eigenvalue weighted by molar-refractivity contribution is -0.122. The van der Waals surface area contributed by atoms with Gasteiger partial charge in [-0.05, 0) is 53.2 Å². The number of nitrogens with one attached hydrogen (secondary N) is 1. The number of halogens is 2. The summed E-state index contributed by atoms with van der Waals surface area (Å²) in [5.74, 6) is 0.324. The first-order valence-electron chi connectivity index (χ1n) is 5.89. The Labute approximate surface area is 130 Å². The van der Waals surface area contributed by atoms with E-state index >= 15 is 0 Å². The summed E-state index contributed by atoms with van der Waals surface area (Å²) in [6.07, 6.45) is 2.58. The summed E-state index contributed by atoms with van der Waals surface area (Å²) in [6.45, 7) is 1.68. The van der Waals surface area contributed by atoms with Gasteiger partial charge >= 0.3 is 0 Å². The summed E-state index contributed by atoms with van der Waals surface area (Å²) in [5.41, 5.74) is 0.677. The van der Waals surface area contributed by atoms with Crippen LogP contribution >= 0.6 is 27.5 Å². The van der Waals surface area contributed by atoms with E-state index in [4.69, 9.17) is 16.3 Å². The molecule has 0 spiro atoms. The molecule has 2 rings (SSSR count). The van der Waals surface area contributed by atoms with Crippen molar-refractivity contribution < 1.29 is 9.53 Å². The van der Waals surface area contributed by atoms with Crippen molar-refractivity contribution in [1.82, 2.24) is 4.98 Å². The van der Waals surface area contributed by atoms with Crippen molar-refractivity contribution in [2.75, 3.05) is 5.32 Å². The van der Waals surface area contributed by atoms with Crippen molar-refractivity contribution in [3.8, 4) is 5.75 Å². The maximum atomic E-state index is 12.0. The van der Waals surface area contributed by atoms with Crippen molar-refractivity contribution >= 4 is 39.1 Å². The molecular weight excluding hydrogens is 344 g/mol. The molecule has 1 N–H and O–H groups in total. The molecule has 0 radical (unpaired) electrons. The summed E-state index contributed by atoms with van der Waals surface area (Å²) in [5, 5.41) is 3.34. The number of ether oxygens (including phenoxy) is 1. The average molecular weight is 356 g/mol. The highest BCUT2D eigenvalue weighted by Gasteiger charge is 2.16. The summed E-state index contributed by atoms with van der Waals surface area (Å²) in [6, 6.07) is 8.55. The lowest BCUT2D eigenvalue weighted by Crippen LogP contribution is -2.30. The third-order valence-corrected chi connectivity index (χ3v) is 3.37. The summed E-state index contributed by atoms with van der Waals surface area (Å²) in [7, 11) is 0. The highest BCUT2D eigenvalue weighted by atomic mass is 79.9. The van der Waals surface area contributed by atoms with Crippen LogP contribution in [0.25, 0.3) is 0 Å². The fraction of sp³-hybridized carbons (Fsp3) is 0.143. The second-order valence-corrected chi connectivity index (χ2v) is 5.35. The molecule has 0 aliphatic rings. The molecule has 2 aromatic rings. The molecule has 1 aromatic carbocycles. The summed E-state index contributed by atoms with van der Waals surface area (Å²) in [4.78, 5) is 15.9. The molecule has 1 unspecified atom stereocenters. The minimum atomic E-state index is -0.638. The molecule has 0 aliphatic heterocycles. The van der Waals surface area contributed by atoms with Crippen LogP contribution in [0.3, 0.4) is 0 Å². The Bertz CT molecular complexity index is 607. The van der Waals surface area contributed by atoms with Crippen molar-refractivity contribution in [1.29, 1.82) is 0 Å². The van der Waals surface area contributed by atoms with Gasteiger partial charge in [0.05, 0.1) is 4.47 Å². The van der Waals surface area contributed by atoms with E-state index in [1.165, 1.54) is 0 Å². The third-order valence-electron chi connectivity index (χ3n) is 2.51. The second-order valence-electron chi connectivity index (χ2n) is 4.06. The Kier molecular flexibility index (Phi) is 4.98. The van der Waals surface area contributed by atoms with Crippen molar-refractivity contribution in [3.05, 3.63) is 52.2 Å². The normalized spacial score (nSPS) is 11.8. The minimum absolute atomic E-state index is 0.238. The highest BCUT2D eigenvalue weighted by Crippen LogP contribution is 2.28. The Balaban J connectivity index is 2.00. The van der Waals surface area contributed by atoms with Gasteiger partial charge < -0.3 is 10.1 Å². The van der Waals surface area contributed by atoms with E-state index in [1.807, 2.05) is 0 Å². The number of anilines is 1. The second kappa shape index (κ2) is 6.72. The van der Waals surface area contributed by atoms with Crippen LogP contribution in [0.1, 0.15) is 6.92 Å². The minimum Gasteiger partial charge on any atom is -0.480 e. The van der Waals surface area contributed by atoms with Gasteiger partial charge in [-0.1, -0.05) is 11.6 Å². The predicted molar refractivity (Wildman–Crippen MR) is 82.1 cm³/mol. The van der Waals surface area contributed by atoms with E-state index in [9.17, 15) is 4.79 Å². The first-order chi connectivity index (χ1) is 9.56. The number of carbonyl (C=O) groups excluding carboxylic acids is 1. The van der Waals surface area contributed by atoms with Gasteiger partial charge in [0.2, 0.25) is 0 Å². The molecule has 6 heteroatoms. The van der Waals surface area contributed by atoms with Crippen LogP contribution in [0.4, 0.5) is 5.69 Å². The molecular formula is C14H12BrClN2O2. The monoisotopic (exact) mass is 354 g/mol. The number of amides is 1. The van der Waals surface area contributed by atoms with Gasteiger partial charge in [-0.2, -0.15) is 0 Å². The van der Waals surface area contributed by atoms with E-state index in [0.717, 1.165) is 0 Å². The Morgan fingerprint density at radius 1 is 1.35 bits per heavy atom. The van der Waals surface area contributed by atoms with Crippen LogP contribution in [-0.2, 0) is 4.79 Å². The van der Waals surface area contributed by atoms with E-state index in [2.05, 4.69) is 26.2 Å². The van der Waals surface area contributed by atoms with Gasteiger partial charge in [0.15, 0.2) is 6.10 Å². The lowest BCUT2D eigenvalue weighted by Gasteiger charge is -2.15. The molecule has 20 heavy (non-hydrogen) atoms. The molecule has 1 aromatic heterocycles. The molecule has 1 heterocycles. The molecule has 104 valence electrons. The van der Waals surface area contributed by atoms with Crippen molar-refractivity contribution in [2.24, 2.45) is 0 Å². The number of carbonyl (C=O) groups is 1. The van der Waals surface area contributed by atoms with Crippen LogP contribution < -0.4 is 10.1 Å². The van der Waals surface area contributed by atoms with Crippen LogP contribution in [0, 0.1) is 0 Å². The zero-order chi connectivity index (χ0) is 14.5. The van der Waals surface area contributed by atoms with Gasteiger partial charge in [0.25, 0.3) is 5.91 Å². The number of hydrogen-bond donors (Lipinski definition) is 1. The zero-order valence-electron chi connectivity index (χ0n) is 10.6. The number of pyridine rings is 1. The molecule has 0 bridgehead atoms. The number of aromatic nitrogens is 1. The standard InChI is InChI=1S/C14H12BrClN2O2/c1-9(14(19)18-11-4-6-17-7-5-11)20-13-3-2-10(16)8-12(13)15/h2-9H,1H3,(H,17,18,19).